The van der Waals surface area contributed by atoms with Crippen LogP contribution in [0.25, 0.3) is 5.57 Å². The quantitative estimate of drug-likeness (QED) is 0.681. The Bertz CT molecular complexity index is 416. The van der Waals surface area contributed by atoms with E-state index in [1.54, 1.807) is 12.1 Å². The number of hydrogen-bond donors (Lipinski definition) is 0. The number of hydrogen-bond acceptors (Lipinski definition) is 1. The average Bonchev–Trinajstić information content (AvgIpc) is 2.20. The van der Waals surface area contributed by atoms with E-state index < -0.39 is 0 Å². The Hall–Kier alpha value is -1.26. The van der Waals surface area contributed by atoms with Crippen LogP contribution in [0.1, 0.15) is 32.8 Å². The maximum Gasteiger partial charge on any atom is 0.0994 e. The van der Waals surface area contributed by atoms with Gasteiger partial charge in [0.2, 0.25) is 0 Å². The van der Waals surface area contributed by atoms with E-state index in [1.807, 2.05) is 18.2 Å². The highest BCUT2D eigenvalue weighted by Crippen LogP contribution is 2.23. The Kier molecular flexibility index (Phi) is 4.15. The summed E-state index contributed by atoms with van der Waals surface area (Å²) < 4.78 is 0. The number of nitrogens with zero attached hydrogens (tertiary/aromatic N) is 1. The van der Waals surface area contributed by atoms with Crippen LogP contribution in [0.4, 0.5) is 0 Å². The Morgan fingerprint density at radius 3 is 2.31 bits per heavy atom. The molecule has 1 aromatic carbocycles. The molecule has 16 heavy (non-hydrogen) atoms. The van der Waals surface area contributed by atoms with E-state index in [-0.39, 0.29) is 5.41 Å². The van der Waals surface area contributed by atoms with Crippen molar-refractivity contribution >= 4 is 17.2 Å². The van der Waals surface area contributed by atoms with Gasteiger partial charge in [-0.1, -0.05) is 50.6 Å². The fourth-order valence-electron chi connectivity index (χ4n) is 1.27. The predicted molar refractivity (Wildman–Crippen MR) is 69.1 cm³/mol. The third-order valence-electron chi connectivity index (χ3n) is 2.19. The minimum absolute atomic E-state index is 0.203. The third-order valence-corrected chi connectivity index (χ3v) is 2.45. The fraction of sp³-hybridized carbons (Fsp3) is 0.357. The zero-order chi connectivity index (χ0) is 12.2. The minimum atomic E-state index is 0.203. The molecule has 0 aliphatic rings. The molecule has 0 N–H and O–H groups in total. The van der Waals surface area contributed by atoms with E-state index in [0.29, 0.717) is 10.6 Å². The molecule has 0 radical (unpaired) electrons. The summed E-state index contributed by atoms with van der Waals surface area (Å²) in [5, 5.41) is 9.79. The standard InChI is InChI=1S/C14H16ClN/c1-14(2,3)9-8-12(10-16)11-4-6-13(15)7-5-11/h4-8H,9H2,1-3H3. The van der Waals surface area contributed by atoms with Crippen LogP contribution in [0.2, 0.25) is 5.02 Å². The second-order valence-electron chi connectivity index (χ2n) is 5.00. The highest BCUT2D eigenvalue weighted by atomic mass is 35.5. The van der Waals surface area contributed by atoms with Crippen molar-refractivity contribution in [3.05, 3.63) is 40.9 Å². The van der Waals surface area contributed by atoms with E-state index in [9.17, 15) is 0 Å². The highest BCUT2D eigenvalue weighted by molar-refractivity contribution is 6.30. The molecule has 0 saturated heterocycles. The lowest BCUT2D eigenvalue weighted by Crippen LogP contribution is -2.02. The molecule has 1 rings (SSSR count). The maximum absolute atomic E-state index is 9.09. The zero-order valence-electron chi connectivity index (χ0n) is 9.92. The zero-order valence-corrected chi connectivity index (χ0v) is 10.7. The van der Waals surface area contributed by atoms with Gasteiger partial charge in [0.15, 0.2) is 0 Å². The Labute approximate surface area is 102 Å². The van der Waals surface area contributed by atoms with Crippen LogP contribution >= 0.6 is 11.6 Å². The van der Waals surface area contributed by atoms with Crippen molar-refractivity contribution in [3.8, 4) is 6.07 Å². The largest absolute Gasteiger partial charge is 0.192 e. The maximum atomic E-state index is 9.09. The average molecular weight is 234 g/mol. The first-order valence-corrected chi connectivity index (χ1v) is 5.66. The Balaban J connectivity index is 2.92. The van der Waals surface area contributed by atoms with Crippen molar-refractivity contribution in [2.45, 2.75) is 27.2 Å². The lowest BCUT2D eigenvalue weighted by Gasteiger charge is -2.15. The SMILES string of the molecule is CC(C)(C)CC=C(C#N)c1ccc(Cl)cc1. The Morgan fingerprint density at radius 1 is 1.31 bits per heavy atom. The van der Waals surface area contributed by atoms with Crippen molar-refractivity contribution in [3.63, 3.8) is 0 Å². The van der Waals surface area contributed by atoms with E-state index in [4.69, 9.17) is 16.9 Å². The lowest BCUT2D eigenvalue weighted by atomic mass is 9.90. The number of rotatable bonds is 2. The van der Waals surface area contributed by atoms with E-state index in [2.05, 4.69) is 26.8 Å². The van der Waals surface area contributed by atoms with Crippen LogP contribution in [0.3, 0.4) is 0 Å². The molecule has 0 spiro atoms. The van der Waals surface area contributed by atoms with Crippen LogP contribution in [0, 0.1) is 16.7 Å². The molecule has 0 heterocycles. The van der Waals surface area contributed by atoms with Gasteiger partial charge in [0.05, 0.1) is 11.6 Å². The topological polar surface area (TPSA) is 23.8 Å². The van der Waals surface area contributed by atoms with Crippen molar-refractivity contribution in [2.75, 3.05) is 0 Å². The van der Waals surface area contributed by atoms with Gasteiger partial charge in [0.1, 0.15) is 0 Å². The van der Waals surface area contributed by atoms with Gasteiger partial charge in [0, 0.05) is 5.02 Å². The smallest absolute Gasteiger partial charge is 0.0994 e. The van der Waals surface area contributed by atoms with Gasteiger partial charge in [0.25, 0.3) is 0 Å². The van der Waals surface area contributed by atoms with Crippen molar-refractivity contribution in [1.82, 2.24) is 0 Å². The number of halogens is 1. The normalized spacial score (nSPS) is 12.3. The molecule has 84 valence electrons. The van der Waals surface area contributed by atoms with Crippen LogP contribution in [-0.2, 0) is 0 Å². The van der Waals surface area contributed by atoms with Crippen molar-refractivity contribution < 1.29 is 0 Å². The summed E-state index contributed by atoms with van der Waals surface area (Å²) in [5.41, 5.74) is 1.84. The molecule has 0 atom stereocenters. The first-order valence-electron chi connectivity index (χ1n) is 5.28. The van der Waals surface area contributed by atoms with Crippen LogP contribution < -0.4 is 0 Å². The molecule has 0 fully saturated rings. The summed E-state index contributed by atoms with van der Waals surface area (Å²) >= 11 is 5.81. The third kappa shape index (κ3) is 4.08. The van der Waals surface area contributed by atoms with Gasteiger partial charge in [-0.05, 0) is 29.5 Å². The molecule has 1 aromatic rings. The van der Waals surface area contributed by atoms with Gasteiger partial charge in [-0.3, -0.25) is 0 Å². The van der Waals surface area contributed by atoms with E-state index in [0.717, 1.165) is 12.0 Å². The summed E-state index contributed by atoms with van der Waals surface area (Å²) in [6.07, 6.45) is 2.88. The number of allylic oxidation sites excluding steroid dienone is 2. The van der Waals surface area contributed by atoms with Crippen molar-refractivity contribution in [1.29, 1.82) is 5.26 Å². The molecule has 0 unspecified atom stereocenters. The molecule has 0 aromatic heterocycles. The van der Waals surface area contributed by atoms with Gasteiger partial charge >= 0.3 is 0 Å². The predicted octanol–water partition coefficient (Wildman–Crippen LogP) is 4.68. The minimum Gasteiger partial charge on any atom is -0.192 e. The molecule has 1 nitrogen and oxygen atoms in total. The molecular formula is C14H16ClN. The summed E-state index contributed by atoms with van der Waals surface area (Å²) in [5.74, 6) is 0. The van der Waals surface area contributed by atoms with Crippen LogP contribution in [-0.4, -0.2) is 0 Å². The van der Waals surface area contributed by atoms with Crippen LogP contribution in [0.5, 0.6) is 0 Å². The molecule has 0 amide bonds. The monoisotopic (exact) mass is 233 g/mol. The number of benzene rings is 1. The summed E-state index contributed by atoms with van der Waals surface area (Å²) in [6, 6.07) is 9.59. The molecular weight excluding hydrogens is 218 g/mol. The highest BCUT2D eigenvalue weighted by Gasteiger charge is 2.09. The van der Waals surface area contributed by atoms with E-state index >= 15 is 0 Å². The molecule has 0 saturated carbocycles. The summed E-state index contributed by atoms with van der Waals surface area (Å²) in [7, 11) is 0. The van der Waals surface area contributed by atoms with Crippen molar-refractivity contribution in [2.24, 2.45) is 5.41 Å². The van der Waals surface area contributed by atoms with Gasteiger partial charge in [-0.15, -0.1) is 0 Å². The summed E-state index contributed by atoms with van der Waals surface area (Å²) in [6.45, 7) is 6.46. The van der Waals surface area contributed by atoms with E-state index in [1.165, 1.54) is 0 Å². The Morgan fingerprint density at radius 2 is 1.88 bits per heavy atom. The summed E-state index contributed by atoms with van der Waals surface area (Å²) in [4.78, 5) is 0. The number of nitriles is 1. The second kappa shape index (κ2) is 5.18. The fourth-order valence-corrected chi connectivity index (χ4v) is 1.39. The second-order valence-corrected chi connectivity index (χ2v) is 5.44. The first-order chi connectivity index (χ1) is 7.42. The first kappa shape index (κ1) is 12.8. The molecule has 0 aliphatic carbocycles. The van der Waals surface area contributed by atoms with Gasteiger partial charge in [-0.25, -0.2) is 0 Å². The molecule has 0 aliphatic heterocycles. The van der Waals surface area contributed by atoms with Gasteiger partial charge in [-0.2, -0.15) is 5.26 Å². The van der Waals surface area contributed by atoms with Crippen LogP contribution in [0.15, 0.2) is 30.3 Å². The van der Waals surface area contributed by atoms with Gasteiger partial charge < -0.3 is 0 Å². The molecule has 2 heteroatoms. The molecule has 0 bridgehead atoms. The lowest BCUT2D eigenvalue weighted by molar-refractivity contribution is 0.421.